The lowest BCUT2D eigenvalue weighted by Crippen LogP contribution is -2.55. The lowest BCUT2D eigenvalue weighted by Gasteiger charge is -2.41. The van der Waals surface area contributed by atoms with Crippen molar-refractivity contribution >= 4 is 26.5 Å². The fourth-order valence-electron chi connectivity index (χ4n) is 8.49. The lowest BCUT2D eigenvalue weighted by atomic mass is 9.93. The van der Waals surface area contributed by atoms with Gasteiger partial charge in [-0.3, -0.25) is 0 Å². The molecule has 0 N–H and O–H groups in total. The monoisotopic (exact) mass is 748 g/mol. The van der Waals surface area contributed by atoms with Crippen molar-refractivity contribution in [2.45, 2.75) is 117 Å². The number of ether oxygens (including phenoxy) is 1. The fourth-order valence-corrected chi connectivity index (χ4v) is 14.5. The molecule has 0 bridgehead atoms. The minimum Gasteiger partial charge on any atom is -0.490 e. The molecule has 0 fully saturated rings. The zero-order valence-electron chi connectivity index (χ0n) is 35.3. The molecule has 2 atom stereocenters. The van der Waals surface area contributed by atoms with Crippen LogP contribution in [0.15, 0.2) is 110 Å². The second kappa shape index (κ2) is 15.3. The minimum atomic E-state index is -2.40. The van der Waals surface area contributed by atoms with Gasteiger partial charge in [0, 0.05) is 5.54 Å². The second-order valence-corrected chi connectivity index (χ2v) is 28.1. The zero-order chi connectivity index (χ0) is 39.2. The van der Waals surface area contributed by atoms with Crippen molar-refractivity contribution in [2.24, 2.45) is 0 Å². The average molecular weight is 749 g/mol. The van der Waals surface area contributed by atoms with E-state index in [1.54, 1.807) is 0 Å². The lowest BCUT2D eigenvalue weighted by molar-refractivity contribution is 0.368. The number of hydrogen-bond donors (Lipinski definition) is 0. The van der Waals surface area contributed by atoms with Gasteiger partial charge in [-0.15, -0.1) is 0 Å². The predicted molar refractivity (Wildman–Crippen MR) is 243 cm³/mol. The summed E-state index contributed by atoms with van der Waals surface area (Å²) in [5, 5.41) is 3.04. The zero-order valence-corrected chi connectivity index (χ0v) is 37.3. The van der Waals surface area contributed by atoms with Crippen LogP contribution in [-0.2, 0) is 0 Å². The Bertz CT molecular complexity index is 2060. The van der Waals surface area contributed by atoms with Crippen molar-refractivity contribution in [3.05, 3.63) is 138 Å². The second-order valence-electron chi connectivity index (χ2n) is 18.3. The van der Waals surface area contributed by atoms with Crippen molar-refractivity contribution in [1.82, 2.24) is 0 Å². The molecule has 0 heterocycles. The van der Waals surface area contributed by atoms with Crippen molar-refractivity contribution in [3.8, 4) is 39.1 Å². The molecule has 0 radical (unpaired) electrons. The van der Waals surface area contributed by atoms with E-state index in [-0.39, 0.29) is 10.6 Å². The van der Waals surface area contributed by atoms with E-state index in [1.807, 2.05) is 6.08 Å². The van der Waals surface area contributed by atoms with Crippen LogP contribution in [0.4, 0.5) is 0 Å². The maximum Gasteiger partial charge on any atom is 0.118 e. The molecule has 2 unspecified atom stereocenters. The van der Waals surface area contributed by atoms with Crippen LogP contribution >= 0.6 is 0 Å². The highest BCUT2D eigenvalue weighted by molar-refractivity contribution is 6.95. The highest BCUT2D eigenvalue weighted by Crippen LogP contribution is 2.52. The molecule has 0 spiro atoms. The number of hydrogen-bond acceptors (Lipinski definition) is 1. The molecule has 0 amide bonds. The van der Waals surface area contributed by atoms with Crippen LogP contribution in [0, 0.1) is 6.92 Å². The molecule has 5 aromatic rings. The molecule has 5 aromatic carbocycles. The number of aryl methyl sites for hydroxylation is 1. The quantitative estimate of drug-likeness (QED) is 0.0912. The Kier molecular flexibility index (Phi) is 11.3. The van der Waals surface area contributed by atoms with Crippen LogP contribution < -0.4 is 15.1 Å². The molecule has 6 rings (SSSR count). The van der Waals surface area contributed by atoms with Crippen LogP contribution in [0.5, 0.6) is 5.75 Å². The first-order valence-electron chi connectivity index (χ1n) is 20.4. The first-order chi connectivity index (χ1) is 25.5. The van der Waals surface area contributed by atoms with Gasteiger partial charge in [0.05, 0.1) is 16.1 Å². The standard InChI is InChI=1S/C51H64OSi2/c1-14-27-52-49-47(28-34(4)29-48(49)54(12,13)51(7,8)9)53(10,11)50-45-32-41(39-21-17-19-37(30-39)35(5)15-2)23-25-43(45)44-26-24-42(33-46(44)50)40-22-18-20-38(31-40)36(6)16-3/h14,17-26,28-33,35-36,50H,1,15-16,27H2,2-13H3. The maximum atomic E-state index is 6.91. The molecule has 54 heavy (non-hydrogen) atoms. The van der Waals surface area contributed by atoms with Crippen LogP contribution in [0.2, 0.25) is 31.2 Å². The Morgan fingerprint density at radius 3 is 1.57 bits per heavy atom. The Morgan fingerprint density at radius 1 is 0.667 bits per heavy atom. The van der Waals surface area contributed by atoms with Gasteiger partial charge in [-0.1, -0.05) is 190 Å². The number of benzene rings is 5. The van der Waals surface area contributed by atoms with Gasteiger partial charge < -0.3 is 4.74 Å². The Labute approximate surface area is 330 Å². The first-order valence-corrected chi connectivity index (χ1v) is 26.5. The van der Waals surface area contributed by atoms with Crippen molar-refractivity contribution in [1.29, 1.82) is 0 Å². The fraction of sp³-hybridized carbons (Fsp3) is 0.373. The van der Waals surface area contributed by atoms with Gasteiger partial charge in [0.15, 0.2) is 0 Å². The van der Waals surface area contributed by atoms with E-state index in [0.29, 0.717) is 18.4 Å². The smallest absolute Gasteiger partial charge is 0.118 e. The van der Waals surface area contributed by atoms with Gasteiger partial charge in [-0.25, -0.2) is 0 Å². The molecule has 1 nitrogen and oxygen atoms in total. The summed E-state index contributed by atoms with van der Waals surface area (Å²) < 4.78 is 6.91. The van der Waals surface area contributed by atoms with E-state index in [9.17, 15) is 0 Å². The van der Waals surface area contributed by atoms with Crippen molar-refractivity contribution in [2.75, 3.05) is 6.61 Å². The van der Waals surface area contributed by atoms with E-state index in [0.717, 1.165) is 18.6 Å². The third-order valence-electron chi connectivity index (χ3n) is 13.4. The molecule has 0 saturated heterocycles. The van der Waals surface area contributed by atoms with E-state index >= 15 is 0 Å². The molecule has 1 aliphatic rings. The summed E-state index contributed by atoms with van der Waals surface area (Å²) >= 11 is 0. The highest BCUT2D eigenvalue weighted by Gasteiger charge is 2.46. The molecule has 3 heteroatoms. The summed E-state index contributed by atoms with van der Waals surface area (Å²) in [6, 6.07) is 38.1. The summed E-state index contributed by atoms with van der Waals surface area (Å²) in [6.45, 7) is 33.6. The molecule has 1 aliphatic carbocycles. The van der Waals surface area contributed by atoms with E-state index in [1.165, 1.54) is 71.6 Å². The Hall–Kier alpha value is -3.93. The number of fused-ring (bicyclic) bond motifs is 3. The highest BCUT2D eigenvalue weighted by atomic mass is 28.3. The minimum absolute atomic E-state index is 0.167. The van der Waals surface area contributed by atoms with Crippen molar-refractivity contribution in [3.63, 3.8) is 0 Å². The third-order valence-corrected chi connectivity index (χ3v) is 22.7. The molecule has 0 aromatic heterocycles. The van der Waals surface area contributed by atoms with Gasteiger partial charge in [0.1, 0.15) is 12.4 Å². The largest absolute Gasteiger partial charge is 0.490 e. The first kappa shape index (κ1) is 39.8. The summed E-state index contributed by atoms with van der Waals surface area (Å²) in [7, 11) is -4.38. The Balaban J connectivity index is 1.61. The molecule has 0 aliphatic heterocycles. The topological polar surface area (TPSA) is 9.23 Å². The summed E-state index contributed by atoms with van der Waals surface area (Å²) in [4.78, 5) is 0. The van der Waals surface area contributed by atoms with Crippen molar-refractivity contribution < 1.29 is 4.74 Å². The summed E-state index contributed by atoms with van der Waals surface area (Å²) in [5.41, 5.74) is 15.3. The predicted octanol–water partition coefficient (Wildman–Crippen LogP) is 13.9. The summed E-state index contributed by atoms with van der Waals surface area (Å²) in [6.07, 6.45) is 4.18. The summed E-state index contributed by atoms with van der Waals surface area (Å²) in [5.74, 6) is 2.20. The number of rotatable bonds is 12. The third kappa shape index (κ3) is 7.27. The molecular weight excluding hydrogens is 685 g/mol. The van der Waals surface area contributed by atoms with Crippen LogP contribution in [0.1, 0.15) is 107 Å². The van der Waals surface area contributed by atoms with Gasteiger partial charge >= 0.3 is 0 Å². The van der Waals surface area contributed by atoms with Gasteiger partial charge in [0.25, 0.3) is 0 Å². The Morgan fingerprint density at radius 2 is 1.13 bits per heavy atom. The maximum absolute atomic E-state index is 6.91. The SMILES string of the molecule is C=CCOc1c([Si](C)(C)C2c3cc(-c4cccc(C(C)CC)c4)ccc3-c3ccc(-c4cccc(C(C)CC)c4)cc32)cc(C)cc1[Si](C)(C)C(C)(C)C. The normalized spacial score (nSPS) is 15.4. The average Bonchev–Trinajstić information content (AvgIpc) is 3.49. The van der Waals surface area contributed by atoms with E-state index < -0.39 is 16.1 Å². The van der Waals surface area contributed by atoms with Gasteiger partial charge in [-0.2, -0.15) is 0 Å². The van der Waals surface area contributed by atoms with Crippen LogP contribution in [0.3, 0.4) is 0 Å². The van der Waals surface area contributed by atoms with Crippen LogP contribution in [0.25, 0.3) is 33.4 Å². The van der Waals surface area contributed by atoms with Crippen LogP contribution in [-0.4, -0.2) is 22.8 Å². The van der Waals surface area contributed by atoms with E-state index in [2.05, 4.69) is 185 Å². The van der Waals surface area contributed by atoms with E-state index in [4.69, 9.17) is 4.74 Å². The van der Waals surface area contributed by atoms with Gasteiger partial charge in [-0.05, 0) is 103 Å². The molecule has 0 saturated carbocycles. The molecular formula is C51H64OSi2. The van der Waals surface area contributed by atoms with Gasteiger partial charge in [0.2, 0.25) is 0 Å². The molecule has 282 valence electrons.